The van der Waals surface area contributed by atoms with Crippen molar-refractivity contribution in [2.75, 3.05) is 5.32 Å². The molecule has 5 heteroatoms. The molecular formula is C12H20BrN3O. The standard InChI is InChI=1S/C12H20BrN3O/c1-8(2)5-4-6-9(3)16-11-10(13)12(17)15-7-14-11/h7-9H,4-6H2,1-3H3,(H2,14,15,16,17). The molecule has 1 unspecified atom stereocenters. The van der Waals surface area contributed by atoms with Gasteiger partial charge in [0.25, 0.3) is 5.56 Å². The third-order valence-electron chi connectivity index (χ3n) is 2.60. The fourth-order valence-corrected chi connectivity index (χ4v) is 1.95. The smallest absolute Gasteiger partial charge is 0.267 e. The quantitative estimate of drug-likeness (QED) is 0.848. The third-order valence-corrected chi connectivity index (χ3v) is 3.33. The number of rotatable bonds is 6. The van der Waals surface area contributed by atoms with Crippen LogP contribution in [0.5, 0.6) is 0 Å². The van der Waals surface area contributed by atoms with Crippen LogP contribution < -0.4 is 10.9 Å². The molecule has 0 saturated heterocycles. The van der Waals surface area contributed by atoms with Crippen LogP contribution >= 0.6 is 15.9 Å². The first-order chi connectivity index (χ1) is 8.00. The van der Waals surface area contributed by atoms with Gasteiger partial charge in [-0.25, -0.2) is 4.98 Å². The fourth-order valence-electron chi connectivity index (χ4n) is 1.62. The molecule has 1 heterocycles. The molecule has 1 atom stereocenters. The summed E-state index contributed by atoms with van der Waals surface area (Å²) >= 11 is 3.23. The van der Waals surface area contributed by atoms with E-state index in [1.807, 2.05) is 0 Å². The Balaban J connectivity index is 2.48. The van der Waals surface area contributed by atoms with Gasteiger partial charge in [-0.2, -0.15) is 0 Å². The molecule has 0 amide bonds. The van der Waals surface area contributed by atoms with Gasteiger partial charge in [-0.05, 0) is 35.2 Å². The zero-order valence-electron chi connectivity index (χ0n) is 10.6. The number of aromatic amines is 1. The summed E-state index contributed by atoms with van der Waals surface area (Å²) in [5.74, 6) is 1.36. The summed E-state index contributed by atoms with van der Waals surface area (Å²) in [6.45, 7) is 6.57. The van der Waals surface area contributed by atoms with Gasteiger partial charge < -0.3 is 10.3 Å². The molecular weight excluding hydrogens is 282 g/mol. The summed E-state index contributed by atoms with van der Waals surface area (Å²) < 4.78 is 0.468. The molecule has 0 aliphatic rings. The molecule has 0 aliphatic heterocycles. The highest BCUT2D eigenvalue weighted by atomic mass is 79.9. The van der Waals surface area contributed by atoms with Gasteiger partial charge in [-0.1, -0.05) is 26.7 Å². The second-order valence-corrected chi connectivity index (χ2v) is 5.56. The Morgan fingerprint density at radius 2 is 2.12 bits per heavy atom. The van der Waals surface area contributed by atoms with Crippen LogP contribution in [0.4, 0.5) is 5.82 Å². The van der Waals surface area contributed by atoms with E-state index in [1.165, 1.54) is 19.2 Å². The average Bonchev–Trinajstić information content (AvgIpc) is 2.24. The highest BCUT2D eigenvalue weighted by molar-refractivity contribution is 9.10. The maximum absolute atomic E-state index is 11.3. The summed E-state index contributed by atoms with van der Waals surface area (Å²) in [7, 11) is 0. The van der Waals surface area contributed by atoms with Crippen molar-refractivity contribution < 1.29 is 0 Å². The predicted molar refractivity (Wildman–Crippen MR) is 74.3 cm³/mol. The maximum Gasteiger partial charge on any atom is 0.267 e. The number of nitrogens with zero attached hydrogens (tertiary/aromatic N) is 1. The minimum absolute atomic E-state index is 0.156. The number of anilines is 1. The van der Waals surface area contributed by atoms with Gasteiger partial charge in [0, 0.05) is 6.04 Å². The van der Waals surface area contributed by atoms with Crippen LogP contribution in [0.2, 0.25) is 0 Å². The van der Waals surface area contributed by atoms with E-state index in [1.54, 1.807) is 0 Å². The predicted octanol–water partition coefficient (Wildman–Crippen LogP) is 3.16. The van der Waals surface area contributed by atoms with Gasteiger partial charge in [0.2, 0.25) is 0 Å². The van der Waals surface area contributed by atoms with Crippen LogP contribution in [0, 0.1) is 5.92 Å². The monoisotopic (exact) mass is 301 g/mol. The van der Waals surface area contributed by atoms with Gasteiger partial charge in [-0.15, -0.1) is 0 Å². The highest BCUT2D eigenvalue weighted by Gasteiger charge is 2.08. The Hall–Kier alpha value is -0.840. The van der Waals surface area contributed by atoms with Crippen LogP contribution in [-0.2, 0) is 0 Å². The summed E-state index contributed by atoms with van der Waals surface area (Å²) in [6, 6.07) is 0.319. The largest absolute Gasteiger partial charge is 0.366 e. The summed E-state index contributed by atoms with van der Waals surface area (Å²) in [5, 5.41) is 3.25. The average molecular weight is 302 g/mol. The van der Waals surface area contributed by atoms with Crippen molar-refractivity contribution in [1.29, 1.82) is 0 Å². The van der Waals surface area contributed by atoms with Crippen LogP contribution in [-0.4, -0.2) is 16.0 Å². The first kappa shape index (κ1) is 14.2. The molecule has 96 valence electrons. The molecule has 0 bridgehead atoms. The second-order valence-electron chi connectivity index (χ2n) is 4.76. The molecule has 4 nitrogen and oxygen atoms in total. The second kappa shape index (κ2) is 6.79. The number of aromatic nitrogens is 2. The Bertz CT molecular complexity index is 403. The first-order valence-corrected chi connectivity index (χ1v) is 6.79. The molecule has 0 aromatic carbocycles. The number of nitrogens with one attached hydrogen (secondary N) is 2. The summed E-state index contributed by atoms with van der Waals surface area (Å²) in [5.41, 5.74) is -0.156. The minimum atomic E-state index is -0.156. The van der Waals surface area contributed by atoms with Crippen molar-refractivity contribution in [2.24, 2.45) is 5.92 Å². The van der Waals surface area contributed by atoms with Gasteiger partial charge in [0.15, 0.2) is 0 Å². The van der Waals surface area contributed by atoms with Crippen molar-refractivity contribution in [3.63, 3.8) is 0 Å². The third kappa shape index (κ3) is 4.89. The van der Waals surface area contributed by atoms with Crippen molar-refractivity contribution >= 4 is 21.7 Å². The number of H-pyrrole nitrogens is 1. The van der Waals surface area contributed by atoms with Crippen LogP contribution in [0.1, 0.15) is 40.0 Å². The van der Waals surface area contributed by atoms with E-state index in [9.17, 15) is 4.79 Å². The van der Waals surface area contributed by atoms with E-state index in [-0.39, 0.29) is 5.56 Å². The highest BCUT2D eigenvalue weighted by Crippen LogP contribution is 2.16. The SMILES string of the molecule is CC(C)CCCC(C)Nc1nc[nH]c(=O)c1Br. The van der Waals surface area contributed by atoms with Crippen molar-refractivity contribution in [2.45, 2.75) is 46.1 Å². The van der Waals surface area contributed by atoms with E-state index in [0.717, 1.165) is 12.3 Å². The van der Waals surface area contributed by atoms with Gasteiger partial charge in [-0.3, -0.25) is 4.79 Å². The van der Waals surface area contributed by atoms with Crippen LogP contribution in [0.3, 0.4) is 0 Å². The molecule has 17 heavy (non-hydrogen) atoms. The topological polar surface area (TPSA) is 57.8 Å². The normalized spacial score (nSPS) is 12.8. The zero-order chi connectivity index (χ0) is 12.8. The van der Waals surface area contributed by atoms with E-state index in [2.05, 4.69) is 52.0 Å². The summed E-state index contributed by atoms with van der Waals surface area (Å²) in [4.78, 5) is 18.0. The van der Waals surface area contributed by atoms with E-state index in [4.69, 9.17) is 0 Å². The lowest BCUT2D eigenvalue weighted by atomic mass is 10.0. The van der Waals surface area contributed by atoms with Crippen molar-refractivity contribution in [3.05, 3.63) is 21.2 Å². The van der Waals surface area contributed by atoms with E-state index in [0.29, 0.717) is 16.3 Å². The lowest BCUT2D eigenvalue weighted by molar-refractivity contribution is 0.520. The molecule has 0 spiro atoms. The molecule has 1 aromatic heterocycles. The fraction of sp³-hybridized carbons (Fsp3) is 0.667. The first-order valence-electron chi connectivity index (χ1n) is 6.00. The van der Waals surface area contributed by atoms with Crippen molar-refractivity contribution in [1.82, 2.24) is 9.97 Å². The lowest BCUT2D eigenvalue weighted by Gasteiger charge is -2.15. The number of halogens is 1. The van der Waals surface area contributed by atoms with Gasteiger partial charge in [0.1, 0.15) is 10.3 Å². The Kier molecular flexibility index (Phi) is 5.68. The Morgan fingerprint density at radius 1 is 1.41 bits per heavy atom. The van der Waals surface area contributed by atoms with E-state index < -0.39 is 0 Å². The summed E-state index contributed by atoms with van der Waals surface area (Å²) in [6.07, 6.45) is 4.91. The Morgan fingerprint density at radius 3 is 2.76 bits per heavy atom. The van der Waals surface area contributed by atoms with Crippen LogP contribution in [0.25, 0.3) is 0 Å². The molecule has 0 saturated carbocycles. The minimum Gasteiger partial charge on any atom is -0.366 e. The van der Waals surface area contributed by atoms with Crippen LogP contribution in [0.15, 0.2) is 15.6 Å². The molecule has 0 fully saturated rings. The zero-order valence-corrected chi connectivity index (χ0v) is 12.2. The molecule has 1 rings (SSSR count). The van der Waals surface area contributed by atoms with Crippen molar-refractivity contribution in [3.8, 4) is 0 Å². The molecule has 2 N–H and O–H groups in total. The number of hydrogen-bond donors (Lipinski definition) is 2. The maximum atomic E-state index is 11.3. The number of hydrogen-bond acceptors (Lipinski definition) is 3. The van der Waals surface area contributed by atoms with E-state index >= 15 is 0 Å². The van der Waals surface area contributed by atoms with Gasteiger partial charge in [0.05, 0.1) is 6.33 Å². The van der Waals surface area contributed by atoms with Gasteiger partial charge >= 0.3 is 0 Å². The molecule has 0 radical (unpaired) electrons. The lowest BCUT2D eigenvalue weighted by Crippen LogP contribution is -2.19. The molecule has 0 aliphatic carbocycles. The molecule has 1 aromatic rings. The Labute approximate surface area is 110 Å².